The van der Waals surface area contributed by atoms with Crippen molar-refractivity contribution < 1.29 is 28.6 Å². The first-order chi connectivity index (χ1) is 25.0. The Hall–Kier alpha value is -2.97. The molecule has 0 fully saturated rings. The van der Waals surface area contributed by atoms with Crippen LogP contribution in [-0.2, 0) is 20.7 Å². The highest BCUT2D eigenvalue weighted by atomic mass is 19.1. The standard InChI is InChI=1S/C42H66FNO5.CH5N/c1-2-3-4-5-6-7-8-9-10-11-15-18-21-24-41(46)40(34-48-35-45)44-42(47)25-22-19-16-13-12-14-17-20-23-36-26-30-38(31-27-36)49-39-32-28-37(43)29-33-39;1-2/h26-33,35,40-41,46H,2-25,34H2,1H3,(H,44,47);2H2,1H3/t40-,41?;/m0./s1. The molecule has 1 amide bonds. The highest BCUT2D eigenvalue weighted by Gasteiger charge is 2.21. The van der Waals surface area contributed by atoms with Crippen LogP contribution in [0.2, 0.25) is 0 Å². The third-order valence-electron chi connectivity index (χ3n) is 9.35. The van der Waals surface area contributed by atoms with Crippen LogP contribution in [-0.4, -0.2) is 43.3 Å². The van der Waals surface area contributed by atoms with Crippen LogP contribution in [0.4, 0.5) is 4.39 Å². The Morgan fingerprint density at radius 2 is 1.16 bits per heavy atom. The predicted molar refractivity (Wildman–Crippen MR) is 209 cm³/mol. The molecule has 0 saturated heterocycles. The van der Waals surface area contributed by atoms with E-state index in [-0.39, 0.29) is 18.3 Å². The summed E-state index contributed by atoms with van der Waals surface area (Å²) in [4.78, 5) is 23.3. The van der Waals surface area contributed by atoms with Crippen molar-refractivity contribution in [1.82, 2.24) is 5.32 Å². The Bertz CT molecular complexity index is 1080. The van der Waals surface area contributed by atoms with Crippen LogP contribution in [0.3, 0.4) is 0 Å². The maximum atomic E-state index is 13.1. The molecule has 0 radical (unpaired) electrons. The lowest BCUT2D eigenvalue weighted by Gasteiger charge is -2.23. The molecular formula is C43H71FN2O5. The zero-order chi connectivity index (χ0) is 37.2. The largest absolute Gasteiger partial charge is 0.466 e. The van der Waals surface area contributed by atoms with E-state index < -0.39 is 12.1 Å². The molecule has 0 bridgehead atoms. The molecule has 0 aliphatic carbocycles. The van der Waals surface area contributed by atoms with Crippen molar-refractivity contribution in [3.63, 3.8) is 0 Å². The highest BCUT2D eigenvalue weighted by molar-refractivity contribution is 5.76. The minimum atomic E-state index is -0.710. The van der Waals surface area contributed by atoms with Crippen molar-refractivity contribution >= 4 is 12.4 Å². The summed E-state index contributed by atoms with van der Waals surface area (Å²) in [7, 11) is 1.50. The number of benzene rings is 2. The van der Waals surface area contributed by atoms with E-state index in [0.717, 1.165) is 50.7 Å². The summed E-state index contributed by atoms with van der Waals surface area (Å²) in [6.07, 6.45) is 26.8. The van der Waals surface area contributed by atoms with Crippen molar-refractivity contribution in [2.24, 2.45) is 5.73 Å². The fourth-order valence-electron chi connectivity index (χ4n) is 6.28. The van der Waals surface area contributed by atoms with Crippen LogP contribution in [0.15, 0.2) is 48.5 Å². The minimum Gasteiger partial charge on any atom is -0.466 e. The van der Waals surface area contributed by atoms with Crippen LogP contribution >= 0.6 is 0 Å². The maximum absolute atomic E-state index is 13.1. The van der Waals surface area contributed by atoms with Gasteiger partial charge in [-0.1, -0.05) is 141 Å². The van der Waals surface area contributed by atoms with Gasteiger partial charge < -0.3 is 25.6 Å². The Balaban J connectivity index is 0.00000638. The predicted octanol–water partition coefficient (Wildman–Crippen LogP) is 10.7. The molecule has 0 heterocycles. The zero-order valence-corrected chi connectivity index (χ0v) is 32.1. The maximum Gasteiger partial charge on any atom is 0.293 e. The van der Waals surface area contributed by atoms with Gasteiger partial charge in [-0.15, -0.1) is 0 Å². The van der Waals surface area contributed by atoms with Gasteiger partial charge in [-0.2, -0.15) is 0 Å². The number of carbonyl (C=O) groups excluding carboxylic acids is 2. The molecule has 2 aromatic rings. The Morgan fingerprint density at radius 1 is 0.706 bits per heavy atom. The second-order valence-electron chi connectivity index (χ2n) is 13.7. The molecular weight excluding hydrogens is 643 g/mol. The second kappa shape index (κ2) is 32.9. The highest BCUT2D eigenvalue weighted by Crippen LogP contribution is 2.23. The second-order valence-corrected chi connectivity index (χ2v) is 13.7. The Labute approximate surface area is 309 Å². The average molecular weight is 715 g/mol. The van der Waals surface area contributed by atoms with Crippen LogP contribution in [0.5, 0.6) is 11.5 Å². The van der Waals surface area contributed by atoms with Crippen LogP contribution in [0, 0.1) is 5.82 Å². The first kappa shape index (κ1) is 46.1. The van der Waals surface area contributed by atoms with Gasteiger partial charge in [0, 0.05) is 6.42 Å². The number of carbonyl (C=O) groups is 2. The van der Waals surface area contributed by atoms with E-state index in [1.165, 1.54) is 121 Å². The lowest BCUT2D eigenvalue weighted by molar-refractivity contribution is -0.132. The number of ether oxygens (including phenoxy) is 2. The van der Waals surface area contributed by atoms with Crippen molar-refractivity contribution in [2.75, 3.05) is 13.7 Å². The number of aliphatic hydroxyl groups excluding tert-OH is 1. The Kier molecular flexibility index (Phi) is 29.7. The summed E-state index contributed by atoms with van der Waals surface area (Å²) in [6, 6.07) is 13.6. The van der Waals surface area contributed by atoms with Crippen LogP contribution in [0.1, 0.15) is 160 Å². The molecule has 51 heavy (non-hydrogen) atoms. The Morgan fingerprint density at radius 3 is 1.67 bits per heavy atom. The van der Waals surface area contributed by atoms with E-state index in [4.69, 9.17) is 9.47 Å². The minimum absolute atomic E-state index is 0.00605. The molecule has 2 atom stereocenters. The summed E-state index contributed by atoms with van der Waals surface area (Å²) in [6.45, 7) is 2.64. The molecule has 290 valence electrons. The number of hydrogen-bond donors (Lipinski definition) is 3. The van der Waals surface area contributed by atoms with Gasteiger partial charge in [0.25, 0.3) is 6.47 Å². The number of aryl methyl sites for hydroxylation is 1. The number of hydrogen-bond acceptors (Lipinski definition) is 6. The van der Waals surface area contributed by atoms with Gasteiger partial charge in [0.2, 0.25) is 5.91 Å². The first-order valence-electron chi connectivity index (χ1n) is 20.1. The number of unbranched alkanes of at least 4 members (excludes halogenated alkanes) is 19. The summed E-state index contributed by atoms with van der Waals surface area (Å²) >= 11 is 0. The van der Waals surface area contributed by atoms with Gasteiger partial charge in [0.15, 0.2) is 0 Å². The smallest absolute Gasteiger partial charge is 0.293 e. The van der Waals surface area contributed by atoms with E-state index in [1.807, 2.05) is 12.1 Å². The monoisotopic (exact) mass is 715 g/mol. The first-order valence-corrected chi connectivity index (χ1v) is 20.1. The summed E-state index contributed by atoms with van der Waals surface area (Å²) in [5, 5.41) is 13.6. The molecule has 8 heteroatoms. The third kappa shape index (κ3) is 25.6. The number of aliphatic hydroxyl groups is 1. The fraction of sp³-hybridized carbons (Fsp3) is 0.674. The number of nitrogens with two attached hydrogens (primary N) is 1. The van der Waals surface area contributed by atoms with E-state index in [1.54, 1.807) is 12.1 Å². The van der Waals surface area contributed by atoms with Crippen molar-refractivity contribution in [3.05, 3.63) is 59.9 Å². The van der Waals surface area contributed by atoms with E-state index in [9.17, 15) is 19.1 Å². The van der Waals surface area contributed by atoms with Gasteiger partial charge >= 0.3 is 0 Å². The van der Waals surface area contributed by atoms with Crippen molar-refractivity contribution in [1.29, 1.82) is 0 Å². The van der Waals surface area contributed by atoms with E-state index in [2.05, 4.69) is 30.1 Å². The van der Waals surface area contributed by atoms with Gasteiger partial charge in [-0.25, -0.2) is 4.39 Å². The quantitative estimate of drug-likeness (QED) is 0.0514. The molecule has 1 unspecified atom stereocenters. The SMILES string of the molecule is CCCCCCCCCCCCCCCC(O)[C@H](COC=O)NC(=O)CCCCCCCCCCc1ccc(Oc2ccc(F)cc2)cc1.CN. The summed E-state index contributed by atoms with van der Waals surface area (Å²) < 4.78 is 23.7. The zero-order valence-electron chi connectivity index (χ0n) is 32.1. The summed E-state index contributed by atoms with van der Waals surface area (Å²) in [5.74, 6) is 1.01. The molecule has 4 N–H and O–H groups in total. The summed E-state index contributed by atoms with van der Waals surface area (Å²) in [5.41, 5.74) is 5.79. The number of amides is 1. The van der Waals surface area contributed by atoms with Crippen LogP contribution < -0.4 is 15.8 Å². The van der Waals surface area contributed by atoms with E-state index in [0.29, 0.717) is 25.1 Å². The van der Waals surface area contributed by atoms with Gasteiger partial charge in [0.1, 0.15) is 23.9 Å². The van der Waals surface area contributed by atoms with E-state index >= 15 is 0 Å². The van der Waals surface area contributed by atoms with Gasteiger partial charge in [-0.3, -0.25) is 9.59 Å². The molecule has 0 aliphatic rings. The van der Waals surface area contributed by atoms with Crippen molar-refractivity contribution in [3.8, 4) is 11.5 Å². The molecule has 0 saturated carbocycles. The topological polar surface area (TPSA) is 111 Å². The average Bonchev–Trinajstić information content (AvgIpc) is 3.15. The fourth-order valence-corrected chi connectivity index (χ4v) is 6.28. The number of nitrogens with one attached hydrogen (secondary N) is 1. The van der Waals surface area contributed by atoms with Crippen molar-refractivity contribution in [2.45, 2.75) is 173 Å². The normalized spacial score (nSPS) is 12.0. The molecule has 0 aromatic heterocycles. The lowest BCUT2D eigenvalue weighted by Crippen LogP contribution is -2.46. The number of rotatable bonds is 32. The molecule has 2 rings (SSSR count). The molecule has 2 aromatic carbocycles. The van der Waals surface area contributed by atoms with Gasteiger partial charge in [-0.05, 0) is 74.7 Å². The van der Waals surface area contributed by atoms with Crippen LogP contribution in [0.25, 0.3) is 0 Å². The lowest BCUT2D eigenvalue weighted by atomic mass is 10.0. The van der Waals surface area contributed by atoms with Gasteiger partial charge in [0.05, 0.1) is 12.1 Å². The number of halogens is 1. The third-order valence-corrected chi connectivity index (χ3v) is 9.35. The molecule has 0 aliphatic heterocycles. The molecule has 0 spiro atoms. The molecule has 7 nitrogen and oxygen atoms in total.